The molecule has 82 valence electrons. The van der Waals surface area contributed by atoms with Crippen LogP contribution in [0.1, 0.15) is 23.7 Å². The normalized spacial score (nSPS) is 12.2. The number of alkyl halides is 1. The molecule has 0 aliphatic rings. The van der Waals surface area contributed by atoms with Gasteiger partial charge in [-0.1, -0.05) is 22.0 Å². The van der Waals surface area contributed by atoms with E-state index in [1.165, 1.54) is 6.92 Å². The van der Waals surface area contributed by atoms with Crippen LogP contribution >= 0.6 is 15.9 Å². The van der Waals surface area contributed by atoms with E-state index in [2.05, 4.69) is 15.9 Å². The lowest BCUT2D eigenvalue weighted by Gasteiger charge is -2.05. The van der Waals surface area contributed by atoms with Crippen molar-refractivity contribution in [3.8, 4) is 0 Å². The summed E-state index contributed by atoms with van der Waals surface area (Å²) in [6, 6.07) is 6.89. The quantitative estimate of drug-likeness (QED) is 0.787. The third-order valence-electron chi connectivity index (χ3n) is 1.81. The van der Waals surface area contributed by atoms with Crippen LogP contribution in [0.5, 0.6) is 0 Å². The Morgan fingerprint density at radius 2 is 2.33 bits per heavy atom. The molecule has 2 nitrogen and oxygen atoms in total. The van der Waals surface area contributed by atoms with E-state index in [0.717, 1.165) is 4.47 Å². The molecule has 15 heavy (non-hydrogen) atoms. The van der Waals surface area contributed by atoms with E-state index in [1.807, 2.05) is 6.07 Å². The highest BCUT2D eigenvalue weighted by atomic mass is 79.9. The number of hydrogen-bond donors (Lipinski definition) is 0. The Morgan fingerprint density at radius 3 is 2.93 bits per heavy atom. The molecule has 0 fully saturated rings. The van der Waals surface area contributed by atoms with Crippen molar-refractivity contribution in [2.75, 3.05) is 6.61 Å². The summed E-state index contributed by atoms with van der Waals surface area (Å²) in [6.07, 6.45) is -0.708. The third-order valence-corrected chi connectivity index (χ3v) is 2.30. The van der Waals surface area contributed by atoms with Crippen LogP contribution in [0.4, 0.5) is 4.39 Å². The van der Waals surface area contributed by atoms with Gasteiger partial charge >= 0.3 is 5.97 Å². The first-order valence-corrected chi connectivity index (χ1v) is 5.45. The molecule has 0 N–H and O–H groups in total. The Morgan fingerprint density at radius 1 is 1.60 bits per heavy atom. The number of hydrogen-bond acceptors (Lipinski definition) is 2. The molecule has 0 bridgehead atoms. The highest BCUT2D eigenvalue weighted by Crippen LogP contribution is 2.12. The van der Waals surface area contributed by atoms with Gasteiger partial charge in [0.25, 0.3) is 0 Å². The van der Waals surface area contributed by atoms with Gasteiger partial charge in [0, 0.05) is 10.9 Å². The number of carbonyl (C=O) groups excluding carboxylic acids is 1. The second-order valence-electron chi connectivity index (χ2n) is 3.22. The minimum Gasteiger partial charge on any atom is -0.462 e. The lowest BCUT2D eigenvalue weighted by Crippen LogP contribution is -2.09. The Labute approximate surface area is 96.6 Å². The Hall–Kier alpha value is -0.900. The van der Waals surface area contributed by atoms with Crippen LogP contribution in [0.15, 0.2) is 28.7 Å². The van der Waals surface area contributed by atoms with E-state index in [9.17, 15) is 9.18 Å². The molecule has 0 saturated heterocycles. The number of rotatable bonds is 4. The number of carbonyl (C=O) groups is 1. The average Bonchev–Trinajstić information content (AvgIpc) is 2.17. The van der Waals surface area contributed by atoms with Gasteiger partial charge in [0.2, 0.25) is 0 Å². The van der Waals surface area contributed by atoms with Crippen LogP contribution in [-0.2, 0) is 4.74 Å². The van der Waals surface area contributed by atoms with E-state index in [1.54, 1.807) is 18.2 Å². The second-order valence-corrected chi connectivity index (χ2v) is 4.13. The largest absolute Gasteiger partial charge is 0.462 e. The fourth-order valence-electron chi connectivity index (χ4n) is 1.01. The van der Waals surface area contributed by atoms with Crippen LogP contribution in [-0.4, -0.2) is 18.7 Å². The third kappa shape index (κ3) is 4.42. The Bertz CT molecular complexity index is 339. The predicted molar refractivity (Wildman–Crippen MR) is 59.6 cm³/mol. The maximum absolute atomic E-state index is 12.4. The number of ether oxygens (including phenoxy) is 1. The SMILES string of the molecule is CC(F)CCOC(=O)c1cccc(Br)c1. The molecule has 0 spiro atoms. The van der Waals surface area contributed by atoms with Crippen molar-refractivity contribution >= 4 is 21.9 Å². The summed E-state index contributed by atoms with van der Waals surface area (Å²) in [6.45, 7) is 1.55. The predicted octanol–water partition coefficient (Wildman–Crippen LogP) is 3.35. The summed E-state index contributed by atoms with van der Waals surface area (Å²) >= 11 is 3.25. The van der Waals surface area contributed by atoms with Crippen LogP contribution in [0.2, 0.25) is 0 Å². The van der Waals surface area contributed by atoms with Gasteiger partial charge in [-0.3, -0.25) is 0 Å². The van der Waals surface area contributed by atoms with Gasteiger partial charge in [0.05, 0.1) is 12.2 Å². The van der Waals surface area contributed by atoms with Crippen molar-refractivity contribution < 1.29 is 13.9 Å². The van der Waals surface area contributed by atoms with Gasteiger partial charge in [-0.25, -0.2) is 9.18 Å². The summed E-state index contributed by atoms with van der Waals surface area (Å²) in [7, 11) is 0. The molecule has 1 rings (SSSR count). The fraction of sp³-hybridized carbons (Fsp3) is 0.364. The van der Waals surface area contributed by atoms with Crippen LogP contribution < -0.4 is 0 Å². The van der Waals surface area contributed by atoms with Crippen molar-refractivity contribution in [3.63, 3.8) is 0 Å². The maximum Gasteiger partial charge on any atom is 0.338 e. The van der Waals surface area contributed by atoms with Crippen molar-refractivity contribution in [3.05, 3.63) is 34.3 Å². The zero-order valence-corrected chi connectivity index (χ0v) is 9.96. The minimum atomic E-state index is -0.944. The topological polar surface area (TPSA) is 26.3 Å². The number of halogens is 2. The van der Waals surface area contributed by atoms with Gasteiger partial charge in [0.1, 0.15) is 6.17 Å². The molecule has 1 atom stereocenters. The second kappa shape index (κ2) is 5.85. The molecule has 0 aliphatic carbocycles. The average molecular weight is 275 g/mol. The summed E-state index contributed by atoms with van der Waals surface area (Å²) in [5.74, 6) is -0.419. The van der Waals surface area contributed by atoms with Crippen LogP contribution in [0, 0.1) is 0 Å². The summed E-state index contributed by atoms with van der Waals surface area (Å²) in [5.41, 5.74) is 0.468. The van der Waals surface area contributed by atoms with Gasteiger partial charge < -0.3 is 4.74 Å². The van der Waals surface area contributed by atoms with Crippen molar-refractivity contribution in [2.45, 2.75) is 19.5 Å². The summed E-state index contributed by atoms with van der Waals surface area (Å²) < 4.78 is 18.1. The van der Waals surface area contributed by atoms with E-state index in [0.29, 0.717) is 5.56 Å². The zero-order chi connectivity index (χ0) is 11.3. The Kier molecular flexibility index (Phi) is 4.75. The first kappa shape index (κ1) is 12.2. The molecular weight excluding hydrogens is 263 g/mol. The molecule has 0 radical (unpaired) electrons. The Balaban J connectivity index is 2.47. The van der Waals surface area contributed by atoms with E-state index < -0.39 is 12.1 Å². The van der Waals surface area contributed by atoms with E-state index in [-0.39, 0.29) is 13.0 Å². The summed E-state index contributed by atoms with van der Waals surface area (Å²) in [5, 5.41) is 0. The van der Waals surface area contributed by atoms with E-state index >= 15 is 0 Å². The van der Waals surface area contributed by atoms with Gasteiger partial charge in [-0.05, 0) is 25.1 Å². The number of esters is 1. The van der Waals surface area contributed by atoms with Crippen molar-refractivity contribution in [1.82, 2.24) is 0 Å². The van der Waals surface area contributed by atoms with Gasteiger partial charge in [-0.15, -0.1) is 0 Å². The fourth-order valence-corrected chi connectivity index (χ4v) is 1.41. The molecule has 1 aromatic carbocycles. The van der Waals surface area contributed by atoms with Gasteiger partial charge in [-0.2, -0.15) is 0 Å². The smallest absolute Gasteiger partial charge is 0.338 e. The van der Waals surface area contributed by atoms with Crippen molar-refractivity contribution in [2.24, 2.45) is 0 Å². The number of benzene rings is 1. The molecule has 0 aliphatic heterocycles. The van der Waals surface area contributed by atoms with Gasteiger partial charge in [0.15, 0.2) is 0 Å². The lowest BCUT2D eigenvalue weighted by molar-refractivity contribution is 0.0477. The maximum atomic E-state index is 12.4. The van der Waals surface area contributed by atoms with Crippen LogP contribution in [0.3, 0.4) is 0 Å². The zero-order valence-electron chi connectivity index (χ0n) is 8.37. The van der Waals surface area contributed by atoms with Crippen molar-refractivity contribution in [1.29, 1.82) is 0 Å². The van der Waals surface area contributed by atoms with E-state index in [4.69, 9.17) is 4.74 Å². The monoisotopic (exact) mass is 274 g/mol. The molecular formula is C11H12BrFO2. The summed E-state index contributed by atoms with van der Waals surface area (Å²) in [4.78, 5) is 11.4. The molecule has 0 aromatic heterocycles. The first-order chi connectivity index (χ1) is 7.09. The standard InChI is InChI=1S/C11H12BrFO2/c1-8(13)5-6-15-11(14)9-3-2-4-10(12)7-9/h2-4,7-8H,5-6H2,1H3. The highest BCUT2D eigenvalue weighted by molar-refractivity contribution is 9.10. The minimum absolute atomic E-state index is 0.114. The molecule has 4 heteroatoms. The molecule has 0 heterocycles. The highest BCUT2D eigenvalue weighted by Gasteiger charge is 2.07. The molecule has 0 amide bonds. The molecule has 1 aromatic rings. The first-order valence-electron chi connectivity index (χ1n) is 4.66. The van der Waals surface area contributed by atoms with Crippen LogP contribution in [0.25, 0.3) is 0 Å². The molecule has 1 unspecified atom stereocenters. The molecule has 0 saturated carbocycles. The lowest BCUT2D eigenvalue weighted by atomic mass is 10.2.